The van der Waals surface area contributed by atoms with E-state index in [4.69, 9.17) is 5.73 Å². The molecule has 1 atom stereocenters. The Hall–Kier alpha value is -1.03. The third-order valence-corrected chi connectivity index (χ3v) is 2.24. The predicted molar refractivity (Wildman–Crippen MR) is 59.0 cm³/mol. The van der Waals surface area contributed by atoms with Crippen molar-refractivity contribution >= 4 is 5.69 Å². The lowest BCUT2D eigenvalue weighted by atomic mass is 10.2. The van der Waals surface area contributed by atoms with Crippen LogP contribution in [-0.2, 0) is 6.54 Å². The van der Waals surface area contributed by atoms with Crippen molar-refractivity contribution in [2.45, 2.75) is 39.3 Å². The Kier molecular flexibility index (Phi) is 4.46. The van der Waals surface area contributed by atoms with Crippen LogP contribution in [0.1, 0.15) is 26.7 Å². The van der Waals surface area contributed by atoms with E-state index in [1.165, 1.54) is 0 Å². The van der Waals surface area contributed by atoms with E-state index in [1.807, 2.05) is 10.9 Å². The Balaban J connectivity index is 2.40. The van der Waals surface area contributed by atoms with Gasteiger partial charge in [-0.05, 0) is 19.4 Å². The van der Waals surface area contributed by atoms with Gasteiger partial charge in [0.15, 0.2) is 0 Å². The molecule has 0 aromatic carbocycles. The molecule has 0 amide bonds. The van der Waals surface area contributed by atoms with Gasteiger partial charge in [-0.15, -0.1) is 0 Å². The van der Waals surface area contributed by atoms with E-state index in [1.54, 1.807) is 6.20 Å². The molecule has 1 unspecified atom stereocenters. The van der Waals surface area contributed by atoms with Crippen molar-refractivity contribution in [3.05, 3.63) is 12.4 Å². The molecule has 0 saturated heterocycles. The van der Waals surface area contributed by atoms with E-state index < -0.39 is 0 Å². The minimum Gasteiger partial charge on any atom is -0.396 e. The number of aromatic nitrogens is 2. The summed E-state index contributed by atoms with van der Waals surface area (Å²) in [5.41, 5.74) is 6.32. The Morgan fingerprint density at radius 1 is 1.57 bits per heavy atom. The zero-order chi connectivity index (χ0) is 10.4. The fourth-order valence-corrected chi connectivity index (χ4v) is 1.39. The topological polar surface area (TPSA) is 55.9 Å². The van der Waals surface area contributed by atoms with Crippen molar-refractivity contribution in [3.8, 4) is 0 Å². The molecule has 1 aromatic rings. The molecule has 0 fully saturated rings. The monoisotopic (exact) mass is 196 g/mol. The molecule has 0 saturated carbocycles. The zero-order valence-corrected chi connectivity index (χ0v) is 9.03. The van der Waals surface area contributed by atoms with Gasteiger partial charge in [0.05, 0.1) is 18.4 Å². The number of anilines is 1. The highest BCUT2D eigenvalue weighted by Crippen LogP contribution is 2.01. The first-order valence-electron chi connectivity index (χ1n) is 5.27. The van der Waals surface area contributed by atoms with Crippen molar-refractivity contribution < 1.29 is 0 Å². The van der Waals surface area contributed by atoms with Crippen LogP contribution in [0.25, 0.3) is 0 Å². The average Bonchev–Trinajstić information content (AvgIpc) is 2.58. The molecule has 0 spiro atoms. The van der Waals surface area contributed by atoms with Crippen LogP contribution in [0.15, 0.2) is 12.4 Å². The number of nitrogens with two attached hydrogens (primary N) is 1. The quantitative estimate of drug-likeness (QED) is 0.720. The maximum Gasteiger partial charge on any atom is 0.0719 e. The lowest BCUT2D eigenvalue weighted by Gasteiger charge is -2.16. The van der Waals surface area contributed by atoms with Gasteiger partial charge >= 0.3 is 0 Å². The molecule has 0 aliphatic carbocycles. The van der Waals surface area contributed by atoms with Gasteiger partial charge in [0.2, 0.25) is 0 Å². The first kappa shape index (κ1) is 11.0. The first-order chi connectivity index (χ1) is 6.76. The number of rotatable bonds is 6. The average molecular weight is 196 g/mol. The van der Waals surface area contributed by atoms with Crippen LogP contribution in [0.4, 0.5) is 5.69 Å². The Labute approximate surface area is 85.5 Å². The second-order valence-electron chi connectivity index (χ2n) is 3.56. The van der Waals surface area contributed by atoms with Crippen LogP contribution >= 0.6 is 0 Å². The second kappa shape index (κ2) is 5.65. The zero-order valence-electron chi connectivity index (χ0n) is 9.03. The SMILES string of the molecule is CCCNC(CC)Cn1cc(N)cn1. The summed E-state index contributed by atoms with van der Waals surface area (Å²) in [6, 6.07) is 0.495. The van der Waals surface area contributed by atoms with Crippen molar-refractivity contribution in [3.63, 3.8) is 0 Å². The number of hydrogen-bond donors (Lipinski definition) is 2. The van der Waals surface area contributed by atoms with Crippen LogP contribution in [0, 0.1) is 0 Å². The number of hydrogen-bond acceptors (Lipinski definition) is 3. The maximum absolute atomic E-state index is 5.59. The second-order valence-corrected chi connectivity index (χ2v) is 3.56. The molecule has 3 N–H and O–H groups in total. The first-order valence-corrected chi connectivity index (χ1v) is 5.27. The molecule has 4 nitrogen and oxygen atoms in total. The summed E-state index contributed by atoms with van der Waals surface area (Å²) in [4.78, 5) is 0. The van der Waals surface area contributed by atoms with E-state index >= 15 is 0 Å². The van der Waals surface area contributed by atoms with Gasteiger partial charge in [0.25, 0.3) is 0 Å². The molecule has 4 heteroatoms. The molecule has 0 bridgehead atoms. The minimum atomic E-state index is 0.495. The summed E-state index contributed by atoms with van der Waals surface area (Å²) in [6.45, 7) is 6.31. The normalized spacial score (nSPS) is 13.0. The fraction of sp³-hybridized carbons (Fsp3) is 0.700. The van der Waals surface area contributed by atoms with Crippen LogP contribution in [-0.4, -0.2) is 22.4 Å². The van der Waals surface area contributed by atoms with Gasteiger partial charge in [-0.25, -0.2) is 0 Å². The van der Waals surface area contributed by atoms with E-state index in [-0.39, 0.29) is 0 Å². The Bertz CT molecular complexity index is 256. The van der Waals surface area contributed by atoms with Gasteiger partial charge < -0.3 is 11.1 Å². The van der Waals surface area contributed by atoms with E-state index in [9.17, 15) is 0 Å². The molecule has 14 heavy (non-hydrogen) atoms. The van der Waals surface area contributed by atoms with Gasteiger partial charge in [-0.3, -0.25) is 4.68 Å². The van der Waals surface area contributed by atoms with Crippen molar-refractivity contribution in [1.29, 1.82) is 0 Å². The van der Waals surface area contributed by atoms with Crippen LogP contribution < -0.4 is 11.1 Å². The Morgan fingerprint density at radius 2 is 2.36 bits per heavy atom. The predicted octanol–water partition coefficient (Wildman–Crippen LogP) is 1.24. The third-order valence-electron chi connectivity index (χ3n) is 2.24. The van der Waals surface area contributed by atoms with Crippen LogP contribution in [0.5, 0.6) is 0 Å². The van der Waals surface area contributed by atoms with E-state index in [2.05, 4.69) is 24.3 Å². The Morgan fingerprint density at radius 3 is 2.86 bits per heavy atom. The summed E-state index contributed by atoms with van der Waals surface area (Å²) in [6.07, 6.45) is 5.83. The summed E-state index contributed by atoms with van der Waals surface area (Å²) >= 11 is 0. The molecule has 0 radical (unpaired) electrons. The van der Waals surface area contributed by atoms with Crippen molar-refractivity contribution in [1.82, 2.24) is 15.1 Å². The molecule has 80 valence electrons. The van der Waals surface area contributed by atoms with Gasteiger partial charge in [-0.2, -0.15) is 5.10 Å². The molecular formula is C10H20N4. The number of nitrogens with zero attached hydrogens (tertiary/aromatic N) is 2. The van der Waals surface area contributed by atoms with Crippen LogP contribution in [0.3, 0.4) is 0 Å². The molecule has 1 rings (SSSR count). The lowest BCUT2D eigenvalue weighted by Crippen LogP contribution is -2.33. The third kappa shape index (κ3) is 3.38. The summed E-state index contributed by atoms with van der Waals surface area (Å²) in [5, 5.41) is 7.64. The van der Waals surface area contributed by atoms with Crippen molar-refractivity contribution in [2.24, 2.45) is 0 Å². The highest BCUT2D eigenvalue weighted by molar-refractivity contribution is 5.30. The van der Waals surface area contributed by atoms with Gasteiger partial charge in [0, 0.05) is 12.2 Å². The van der Waals surface area contributed by atoms with Crippen molar-refractivity contribution in [2.75, 3.05) is 12.3 Å². The largest absolute Gasteiger partial charge is 0.396 e. The summed E-state index contributed by atoms with van der Waals surface area (Å²) in [5.74, 6) is 0. The number of nitrogens with one attached hydrogen (secondary N) is 1. The lowest BCUT2D eigenvalue weighted by molar-refractivity contribution is 0.416. The molecular weight excluding hydrogens is 176 g/mol. The fourth-order valence-electron chi connectivity index (χ4n) is 1.39. The highest BCUT2D eigenvalue weighted by atomic mass is 15.3. The smallest absolute Gasteiger partial charge is 0.0719 e. The molecule has 1 aromatic heterocycles. The molecule has 1 heterocycles. The van der Waals surface area contributed by atoms with Crippen LogP contribution in [0.2, 0.25) is 0 Å². The molecule has 0 aliphatic heterocycles. The van der Waals surface area contributed by atoms with Gasteiger partial charge in [-0.1, -0.05) is 13.8 Å². The van der Waals surface area contributed by atoms with Gasteiger partial charge in [0.1, 0.15) is 0 Å². The summed E-state index contributed by atoms with van der Waals surface area (Å²) in [7, 11) is 0. The van der Waals surface area contributed by atoms with E-state index in [0.29, 0.717) is 6.04 Å². The maximum atomic E-state index is 5.59. The van der Waals surface area contributed by atoms with E-state index in [0.717, 1.165) is 31.6 Å². The highest BCUT2D eigenvalue weighted by Gasteiger charge is 2.05. The number of nitrogen functional groups attached to an aromatic ring is 1. The molecule has 0 aliphatic rings. The summed E-state index contributed by atoms with van der Waals surface area (Å²) < 4.78 is 1.90. The minimum absolute atomic E-state index is 0.495. The standard InChI is InChI=1S/C10H20N4/c1-3-5-12-10(4-2)8-14-7-9(11)6-13-14/h6-7,10,12H,3-5,8,11H2,1-2H3.